The third kappa shape index (κ3) is 4.55. The summed E-state index contributed by atoms with van der Waals surface area (Å²) < 4.78 is 2.98. The molecule has 0 aliphatic heterocycles. The quantitative estimate of drug-likeness (QED) is 0.581. The molecule has 2 aromatic heterocycles. The Morgan fingerprint density at radius 1 is 1.24 bits per heavy atom. The molecule has 3 rings (SSSR count). The van der Waals surface area contributed by atoms with Gasteiger partial charge >= 0.3 is 6.03 Å². The Kier molecular flexibility index (Phi) is 6.00. The van der Waals surface area contributed by atoms with E-state index in [-0.39, 0.29) is 6.03 Å². The van der Waals surface area contributed by atoms with E-state index >= 15 is 0 Å². The van der Waals surface area contributed by atoms with Crippen molar-refractivity contribution in [2.45, 2.75) is 26.4 Å². The average Bonchev–Trinajstić information content (AvgIpc) is 3.22. The molecule has 0 aliphatic rings. The first kappa shape index (κ1) is 17.8. The van der Waals surface area contributed by atoms with Crippen molar-refractivity contribution in [3.05, 3.63) is 57.9 Å². The summed E-state index contributed by atoms with van der Waals surface area (Å²) in [6.45, 7) is 4.81. The number of nitrogens with zero attached hydrogens (tertiary/aromatic N) is 2. The highest BCUT2D eigenvalue weighted by Crippen LogP contribution is 2.22. The molecule has 0 saturated heterocycles. The molecular weight excluding hydrogens is 354 g/mol. The molecule has 2 heterocycles. The number of amides is 2. The molecule has 0 aliphatic carbocycles. The molecule has 6 heteroatoms. The van der Waals surface area contributed by atoms with Gasteiger partial charge in [-0.25, -0.2) is 4.79 Å². The molecule has 1 N–H and O–H groups in total. The van der Waals surface area contributed by atoms with Gasteiger partial charge in [0.2, 0.25) is 0 Å². The maximum Gasteiger partial charge on any atom is 0.317 e. The number of halogens is 1. The van der Waals surface area contributed by atoms with E-state index in [4.69, 9.17) is 11.6 Å². The molecule has 0 spiro atoms. The number of carbonyl (C=O) groups is 1. The van der Waals surface area contributed by atoms with Gasteiger partial charge in [-0.15, -0.1) is 11.3 Å². The topological polar surface area (TPSA) is 37.3 Å². The lowest BCUT2D eigenvalue weighted by atomic mass is 10.2. The summed E-state index contributed by atoms with van der Waals surface area (Å²) >= 11 is 7.47. The lowest BCUT2D eigenvalue weighted by molar-refractivity contribution is 0.198. The van der Waals surface area contributed by atoms with Gasteiger partial charge < -0.3 is 14.8 Å². The van der Waals surface area contributed by atoms with Crippen molar-refractivity contribution in [1.82, 2.24) is 14.8 Å². The Morgan fingerprint density at radius 2 is 2.08 bits per heavy atom. The number of rotatable bonds is 7. The molecule has 0 saturated carbocycles. The van der Waals surface area contributed by atoms with E-state index in [1.54, 1.807) is 4.90 Å². The highest BCUT2D eigenvalue weighted by molar-refractivity contribution is 7.16. The summed E-state index contributed by atoms with van der Waals surface area (Å²) in [6.07, 6.45) is 3.00. The number of aromatic nitrogens is 1. The minimum absolute atomic E-state index is 0.0237. The lowest BCUT2D eigenvalue weighted by Crippen LogP contribution is -2.39. The molecule has 1 aromatic carbocycles. The second-order valence-electron chi connectivity index (χ2n) is 5.87. The predicted molar refractivity (Wildman–Crippen MR) is 105 cm³/mol. The zero-order chi connectivity index (χ0) is 17.6. The Balaban J connectivity index is 1.46. The number of urea groups is 1. The lowest BCUT2D eigenvalue weighted by Gasteiger charge is -2.20. The van der Waals surface area contributed by atoms with E-state index < -0.39 is 0 Å². The Labute approximate surface area is 157 Å². The molecule has 25 heavy (non-hydrogen) atoms. The van der Waals surface area contributed by atoms with E-state index in [2.05, 4.69) is 40.3 Å². The molecule has 3 aromatic rings. The fourth-order valence-corrected chi connectivity index (χ4v) is 3.95. The van der Waals surface area contributed by atoms with E-state index in [9.17, 15) is 4.79 Å². The van der Waals surface area contributed by atoms with Gasteiger partial charge in [0.1, 0.15) is 0 Å². The number of aryl methyl sites for hydroxylation is 1. The minimum Gasteiger partial charge on any atom is -0.347 e. The summed E-state index contributed by atoms with van der Waals surface area (Å²) in [4.78, 5) is 15.2. The van der Waals surface area contributed by atoms with Gasteiger partial charge in [0.25, 0.3) is 0 Å². The molecule has 2 amide bonds. The summed E-state index contributed by atoms with van der Waals surface area (Å²) in [7, 11) is 0. The van der Waals surface area contributed by atoms with Crippen molar-refractivity contribution >= 4 is 39.9 Å². The van der Waals surface area contributed by atoms with Crippen LogP contribution in [-0.4, -0.2) is 28.6 Å². The van der Waals surface area contributed by atoms with Crippen LogP contribution >= 0.6 is 22.9 Å². The zero-order valence-corrected chi connectivity index (χ0v) is 15.8. The molecular formula is C19H22ClN3OS. The van der Waals surface area contributed by atoms with E-state index in [0.717, 1.165) is 22.2 Å². The number of nitrogens with one attached hydrogen (secondary N) is 1. The van der Waals surface area contributed by atoms with Crippen LogP contribution < -0.4 is 5.32 Å². The van der Waals surface area contributed by atoms with Crippen LogP contribution in [0.3, 0.4) is 0 Å². The molecule has 0 unspecified atom stereocenters. The Morgan fingerprint density at radius 3 is 2.84 bits per heavy atom. The van der Waals surface area contributed by atoms with Crippen LogP contribution in [0.5, 0.6) is 0 Å². The van der Waals surface area contributed by atoms with Gasteiger partial charge in [0.15, 0.2) is 0 Å². The number of benzene rings is 1. The zero-order valence-electron chi connectivity index (χ0n) is 14.2. The maximum absolute atomic E-state index is 12.3. The third-order valence-electron chi connectivity index (χ3n) is 4.18. The minimum atomic E-state index is -0.0237. The molecule has 0 radical (unpaired) electrons. The molecule has 0 atom stereocenters. The number of fused-ring (bicyclic) bond motifs is 1. The summed E-state index contributed by atoms with van der Waals surface area (Å²) in [5.41, 5.74) is 1.23. The predicted octanol–water partition coefficient (Wildman–Crippen LogP) is 4.98. The first-order chi connectivity index (χ1) is 12.2. The maximum atomic E-state index is 12.3. The number of hydrogen-bond acceptors (Lipinski definition) is 2. The smallest absolute Gasteiger partial charge is 0.317 e. The first-order valence-corrected chi connectivity index (χ1v) is 9.67. The van der Waals surface area contributed by atoms with Gasteiger partial charge in [-0.3, -0.25) is 0 Å². The van der Waals surface area contributed by atoms with Crippen molar-refractivity contribution in [2.75, 3.05) is 13.1 Å². The van der Waals surface area contributed by atoms with Crippen molar-refractivity contribution in [3.8, 4) is 0 Å². The van der Waals surface area contributed by atoms with Crippen LogP contribution in [0.25, 0.3) is 10.9 Å². The van der Waals surface area contributed by atoms with Gasteiger partial charge in [-0.1, -0.05) is 29.8 Å². The van der Waals surface area contributed by atoms with Gasteiger partial charge in [0, 0.05) is 36.2 Å². The number of hydrogen-bond donors (Lipinski definition) is 1. The van der Waals surface area contributed by atoms with Crippen molar-refractivity contribution in [1.29, 1.82) is 0 Å². The number of thiophene rings is 1. The summed E-state index contributed by atoms with van der Waals surface area (Å²) in [6, 6.07) is 14.3. The van der Waals surface area contributed by atoms with Gasteiger partial charge in [-0.05, 0) is 43.0 Å². The van der Waals surface area contributed by atoms with Crippen LogP contribution in [0.15, 0.2) is 48.7 Å². The van der Waals surface area contributed by atoms with Crippen LogP contribution in [-0.2, 0) is 13.1 Å². The highest BCUT2D eigenvalue weighted by atomic mass is 35.5. The van der Waals surface area contributed by atoms with E-state index in [1.165, 1.54) is 22.2 Å². The molecule has 132 valence electrons. The molecule has 0 fully saturated rings. The molecule has 0 bridgehead atoms. The van der Waals surface area contributed by atoms with Crippen molar-refractivity contribution in [3.63, 3.8) is 0 Å². The molecule has 4 nitrogen and oxygen atoms in total. The summed E-state index contributed by atoms with van der Waals surface area (Å²) in [5.74, 6) is 0. The number of para-hydroxylation sites is 1. The van der Waals surface area contributed by atoms with Gasteiger partial charge in [-0.2, -0.15) is 0 Å². The van der Waals surface area contributed by atoms with Gasteiger partial charge in [0.05, 0.1) is 10.9 Å². The largest absolute Gasteiger partial charge is 0.347 e. The van der Waals surface area contributed by atoms with Crippen LogP contribution in [0.2, 0.25) is 4.34 Å². The van der Waals surface area contributed by atoms with Crippen LogP contribution in [0.1, 0.15) is 18.2 Å². The van der Waals surface area contributed by atoms with E-state index in [0.29, 0.717) is 19.6 Å². The van der Waals surface area contributed by atoms with E-state index in [1.807, 2.05) is 25.1 Å². The third-order valence-corrected chi connectivity index (χ3v) is 5.39. The van der Waals surface area contributed by atoms with Crippen LogP contribution in [0, 0.1) is 0 Å². The van der Waals surface area contributed by atoms with Crippen LogP contribution in [0.4, 0.5) is 4.79 Å². The average molecular weight is 376 g/mol. The first-order valence-electron chi connectivity index (χ1n) is 8.48. The fourth-order valence-electron chi connectivity index (χ4n) is 2.84. The monoisotopic (exact) mass is 375 g/mol. The number of carbonyl (C=O) groups excluding carboxylic acids is 1. The van der Waals surface area contributed by atoms with Crippen molar-refractivity contribution in [2.24, 2.45) is 0 Å². The van der Waals surface area contributed by atoms with Crippen molar-refractivity contribution < 1.29 is 4.79 Å². The highest BCUT2D eigenvalue weighted by Gasteiger charge is 2.12. The normalized spacial score (nSPS) is 11.0. The Bertz CT molecular complexity index is 842. The fraction of sp³-hybridized carbons (Fsp3) is 0.316. The standard InChI is InChI=1S/C19H22ClN3OS/c1-2-22(14-16-8-9-18(20)25-16)19(24)21-11-5-12-23-13-10-15-6-3-4-7-17(15)23/h3-4,6-10,13H,2,5,11-12,14H2,1H3,(H,21,24). The second-order valence-corrected chi connectivity index (χ2v) is 7.67. The summed E-state index contributed by atoms with van der Waals surface area (Å²) in [5, 5.41) is 4.26. The Hall–Kier alpha value is -1.98. The SMILES string of the molecule is CCN(Cc1ccc(Cl)s1)C(=O)NCCCn1ccc2ccccc21. The second kappa shape index (κ2) is 8.41.